The Balaban J connectivity index is 2.58. The summed E-state index contributed by atoms with van der Waals surface area (Å²) < 4.78 is 0. The van der Waals surface area contributed by atoms with Crippen molar-refractivity contribution in [3.05, 3.63) is 0 Å². The predicted octanol–water partition coefficient (Wildman–Crippen LogP) is 1.23. The summed E-state index contributed by atoms with van der Waals surface area (Å²) in [5.41, 5.74) is -0.424. The minimum atomic E-state index is -0.424. The summed E-state index contributed by atoms with van der Waals surface area (Å²) in [7, 11) is 0. The van der Waals surface area contributed by atoms with Gasteiger partial charge in [-0.15, -0.1) is 0 Å². The molecule has 1 N–H and O–H groups in total. The minimum absolute atomic E-state index is 0.0963. The smallest absolute Gasteiger partial charge is 0.233 e. The van der Waals surface area contributed by atoms with Crippen LogP contribution in [0.15, 0.2) is 0 Å². The van der Waals surface area contributed by atoms with Crippen LogP contribution in [0, 0.1) is 5.41 Å². The molecule has 3 heteroatoms. The van der Waals surface area contributed by atoms with E-state index in [4.69, 9.17) is 0 Å². The van der Waals surface area contributed by atoms with Crippen LogP contribution < -0.4 is 5.32 Å². The van der Waals surface area contributed by atoms with Gasteiger partial charge < -0.3 is 0 Å². The van der Waals surface area contributed by atoms with Gasteiger partial charge in [-0.3, -0.25) is 14.9 Å². The van der Waals surface area contributed by atoms with Gasteiger partial charge in [-0.1, -0.05) is 26.7 Å². The Kier molecular flexibility index (Phi) is 2.50. The molecule has 3 nitrogen and oxygen atoms in total. The van der Waals surface area contributed by atoms with E-state index >= 15 is 0 Å². The van der Waals surface area contributed by atoms with Gasteiger partial charge in [0.1, 0.15) is 0 Å². The molecular weight excluding hydrogens is 154 g/mol. The Morgan fingerprint density at radius 2 is 2.17 bits per heavy atom. The zero-order chi connectivity index (χ0) is 9.19. The van der Waals surface area contributed by atoms with Crippen LogP contribution in [0.5, 0.6) is 0 Å². The second-order valence-corrected chi connectivity index (χ2v) is 3.72. The van der Waals surface area contributed by atoms with Crippen LogP contribution in [0.1, 0.15) is 39.5 Å². The van der Waals surface area contributed by atoms with Crippen LogP contribution in [0.3, 0.4) is 0 Å². The van der Waals surface area contributed by atoms with E-state index in [0.29, 0.717) is 6.42 Å². The molecule has 0 aromatic carbocycles. The van der Waals surface area contributed by atoms with Crippen molar-refractivity contribution in [1.29, 1.82) is 0 Å². The summed E-state index contributed by atoms with van der Waals surface area (Å²) in [5, 5.41) is 2.34. The molecule has 1 rings (SSSR count). The maximum absolute atomic E-state index is 11.3. The van der Waals surface area contributed by atoms with E-state index in [1.165, 1.54) is 0 Å². The lowest BCUT2D eigenvalue weighted by Crippen LogP contribution is -2.28. The Morgan fingerprint density at radius 3 is 2.58 bits per heavy atom. The summed E-state index contributed by atoms with van der Waals surface area (Å²) in [6, 6.07) is 0. The molecular formula is C9H15NO2. The maximum Gasteiger partial charge on any atom is 0.233 e. The maximum atomic E-state index is 11.3. The fourth-order valence-electron chi connectivity index (χ4n) is 1.53. The van der Waals surface area contributed by atoms with Crippen molar-refractivity contribution < 1.29 is 9.59 Å². The average Bonchev–Trinajstić information content (AvgIpc) is 2.23. The van der Waals surface area contributed by atoms with Gasteiger partial charge >= 0.3 is 0 Å². The Labute approximate surface area is 72.5 Å². The highest BCUT2D eigenvalue weighted by atomic mass is 16.2. The van der Waals surface area contributed by atoms with E-state index in [1.54, 1.807) is 0 Å². The first-order valence-corrected chi connectivity index (χ1v) is 4.43. The molecule has 0 radical (unpaired) electrons. The van der Waals surface area contributed by atoms with Gasteiger partial charge in [-0.25, -0.2) is 0 Å². The highest BCUT2D eigenvalue weighted by Crippen LogP contribution is 2.32. The quantitative estimate of drug-likeness (QED) is 0.646. The number of rotatable bonds is 3. The van der Waals surface area contributed by atoms with Gasteiger partial charge in [0.25, 0.3) is 0 Å². The first kappa shape index (κ1) is 9.23. The number of imide groups is 1. The number of amides is 2. The van der Waals surface area contributed by atoms with Crippen LogP contribution in [0.25, 0.3) is 0 Å². The van der Waals surface area contributed by atoms with Crippen molar-refractivity contribution >= 4 is 11.8 Å². The lowest BCUT2D eigenvalue weighted by atomic mass is 9.83. The number of unbranched alkanes of at least 4 members (excludes halogenated alkanes) is 1. The van der Waals surface area contributed by atoms with Gasteiger partial charge in [0.05, 0.1) is 5.41 Å². The summed E-state index contributed by atoms with van der Waals surface area (Å²) in [6.07, 6.45) is 3.27. The third-order valence-electron chi connectivity index (χ3n) is 2.43. The zero-order valence-corrected chi connectivity index (χ0v) is 7.64. The normalized spacial score (nSPS) is 29.2. The lowest BCUT2D eigenvalue weighted by molar-refractivity contribution is -0.128. The minimum Gasteiger partial charge on any atom is -0.296 e. The van der Waals surface area contributed by atoms with Crippen LogP contribution in [-0.2, 0) is 9.59 Å². The van der Waals surface area contributed by atoms with E-state index in [9.17, 15) is 9.59 Å². The summed E-state index contributed by atoms with van der Waals surface area (Å²) in [4.78, 5) is 22.2. The molecule has 1 saturated heterocycles. The molecule has 0 aliphatic carbocycles. The number of carbonyl (C=O) groups excluding carboxylic acids is 2. The van der Waals surface area contributed by atoms with Gasteiger partial charge in [0.15, 0.2) is 0 Å². The number of hydrogen-bond donors (Lipinski definition) is 1. The van der Waals surface area contributed by atoms with Crippen molar-refractivity contribution in [2.75, 3.05) is 0 Å². The van der Waals surface area contributed by atoms with E-state index in [2.05, 4.69) is 12.2 Å². The van der Waals surface area contributed by atoms with Crippen LogP contribution in [0.2, 0.25) is 0 Å². The fourth-order valence-corrected chi connectivity index (χ4v) is 1.53. The molecule has 12 heavy (non-hydrogen) atoms. The molecule has 2 amide bonds. The fraction of sp³-hybridized carbons (Fsp3) is 0.778. The van der Waals surface area contributed by atoms with Crippen molar-refractivity contribution in [1.82, 2.24) is 5.32 Å². The third-order valence-corrected chi connectivity index (χ3v) is 2.43. The van der Waals surface area contributed by atoms with Crippen molar-refractivity contribution in [2.45, 2.75) is 39.5 Å². The SMILES string of the molecule is CCCCC1(C)CC(=O)NC1=O. The molecule has 0 saturated carbocycles. The number of carbonyl (C=O) groups is 2. The summed E-state index contributed by atoms with van der Waals surface area (Å²) >= 11 is 0. The molecule has 0 bridgehead atoms. The summed E-state index contributed by atoms with van der Waals surface area (Å²) in [6.45, 7) is 3.95. The second kappa shape index (κ2) is 3.25. The molecule has 0 spiro atoms. The van der Waals surface area contributed by atoms with E-state index in [0.717, 1.165) is 19.3 Å². The third kappa shape index (κ3) is 1.65. The number of nitrogens with one attached hydrogen (secondary N) is 1. The molecule has 68 valence electrons. The largest absolute Gasteiger partial charge is 0.296 e. The highest BCUT2D eigenvalue weighted by molar-refractivity contribution is 6.05. The molecule has 1 fully saturated rings. The van der Waals surface area contributed by atoms with E-state index < -0.39 is 5.41 Å². The van der Waals surface area contributed by atoms with Gasteiger partial charge in [-0.2, -0.15) is 0 Å². The predicted molar refractivity (Wildman–Crippen MR) is 45.4 cm³/mol. The first-order valence-electron chi connectivity index (χ1n) is 4.43. The van der Waals surface area contributed by atoms with Gasteiger partial charge in [0, 0.05) is 6.42 Å². The molecule has 1 aliphatic rings. The summed E-state index contributed by atoms with van der Waals surface area (Å²) in [5.74, 6) is -0.223. The number of hydrogen-bond acceptors (Lipinski definition) is 2. The van der Waals surface area contributed by atoms with Gasteiger partial charge in [-0.05, 0) is 6.42 Å². The van der Waals surface area contributed by atoms with Crippen LogP contribution in [-0.4, -0.2) is 11.8 Å². The Bertz CT molecular complexity index is 213. The molecule has 1 aliphatic heterocycles. The van der Waals surface area contributed by atoms with E-state index in [1.807, 2.05) is 6.92 Å². The van der Waals surface area contributed by atoms with Crippen LogP contribution >= 0.6 is 0 Å². The molecule has 1 unspecified atom stereocenters. The van der Waals surface area contributed by atoms with E-state index in [-0.39, 0.29) is 11.8 Å². The van der Waals surface area contributed by atoms with Gasteiger partial charge in [0.2, 0.25) is 11.8 Å². The Hall–Kier alpha value is -0.860. The molecule has 0 aromatic rings. The monoisotopic (exact) mass is 169 g/mol. The second-order valence-electron chi connectivity index (χ2n) is 3.72. The Morgan fingerprint density at radius 1 is 1.50 bits per heavy atom. The van der Waals surface area contributed by atoms with Crippen LogP contribution in [0.4, 0.5) is 0 Å². The zero-order valence-electron chi connectivity index (χ0n) is 7.64. The van der Waals surface area contributed by atoms with Crippen molar-refractivity contribution in [3.8, 4) is 0 Å². The van der Waals surface area contributed by atoms with Crippen molar-refractivity contribution in [2.24, 2.45) is 5.41 Å². The first-order chi connectivity index (χ1) is 5.58. The molecule has 1 heterocycles. The molecule has 0 aromatic heterocycles. The average molecular weight is 169 g/mol. The topological polar surface area (TPSA) is 46.2 Å². The molecule has 1 atom stereocenters. The standard InChI is InChI=1S/C9H15NO2/c1-3-4-5-9(2)6-7(11)10-8(9)12/h3-6H2,1-2H3,(H,10,11,12). The highest BCUT2D eigenvalue weighted by Gasteiger charge is 2.41. The van der Waals surface area contributed by atoms with Crippen molar-refractivity contribution in [3.63, 3.8) is 0 Å². The lowest BCUT2D eigenvalue weighted by Gasteiger charge is -2.18.